The van der Waals surface area contributed by atoms with Crippen molar-refractivity contribution in [1.82, 2.24) is 0 Å². The minimum Gasteiger partial charge on any atom is -0.388 e. The summed E-state index contributed by atoms with van der Waals surface area (Å²) < 4.78 is 27.0. The van der Waals surface area contributed by atoms with Crippen LogP contribution in [0.4, 0.5) is 8.78 Å². The fourth-order valence-electron chi connectivity index (χ4n) is 1.48. The molecule has 1 aliphatic carbocycles. The van der Waals surface area contributed by atoms with E-state index in [2.05, 4.69) is 15.9 Å². The smallest absolute Gasteiger partial charge is 0.133 e. The van der Waals surface area contributed by atoms with E-state index in [1.807, 2.05) is 0 Å². The van der Waals surface area contributed by atoms with Crippen LogP contribution in [0.15, 0.2) is 16.6 Å². The van der Waals surface area contributed by atoms with Crippen LogP contribution >= 0.6 is 15.9 Å². The largest absolute Gasteiger partial charge is 0.388 e. The van der Waals surface area contributed by atoms with Gasteiger partial charge in [-0.1, -0.05) is 15.9 Å². The number of hydrogen-bond donors (Lipinski definition) is 1. The maximum atomic E-state index is 13.3. The lowest BCUT2D eigenvalue weighted by Crippen LogP contribution is -2.06. The molecule has 4 heteroatoms. The van der Waals surface area contributed by atoms with Gasteiger partial charge in [-0.15, -0.1) is 0 Å². The first-order chi connectivity index (χ1) is 6.59. The van der Waals surface area contributed by atoms with Crippen LogP contribution in [0.2, 0.25) is 0 Å². The van der Waals surface area contributed by atoms with Crippen molar-refractivity contribution < 1.29 is 13.9 Å². The van der Waals surface area contributed by atoms with Gasteiger partial charge in [0.05, 0.1) is 11.7 Å². The molecule has 0 aromatic heterocycles. The van der Waals surface area contributed by atoms with Gasteiger partial charge in [0.2, 0.25) is 0 Å². The van der Waals surface area contributed by atoms with Crippen molar-refractivity contribution in [3.8, 4) is 0 Å². The zero-order chi connectivity index (χ0) is 10.3. The maximum absolute atomic E-state index is 13.3. The molecule has 0 bridgehead atoms. The quantitative estimate of drug-likeness (QED) is 0.868. The first-order valence-electron chi connectivity index (χ1n) is 4.42. The molecule has 1 aromatic carbocycles. The van der Waals surface area contributed by atoms with Crippen LogP contribution in [-0.2, 0) is 0 Å². The van der Waals surface area contributed by atoms with Gasteiger partial charge in [0.1, 0.15) is 11.6 Å². The molecule has 2 rings (SSSR count). The summed E-state index contributed by atoms with van der Waals surface area (Å²) in [5.41, 5.74) is -0.198. The van der Waals surface area contributed by atoms with E-state index in [1.54, 1.807) is 0 Å². The summed E-state index contributed by atoms with van der Waals surface area (Å²) in [6.07, 6.45) is 0.690. The van der Waals surface area contributed by atoms with Crippen LogP contribution < -0.4 is 0 Å². The summed E-state index contributed by atoms with van der Waals surface area (Å²) in [5.74, 6) is -1.34. The van der Waals surface area contributed by atoms with Crippen LogP contribution in [0.25, 0.3) is 0 Å². The van der Waals surface area contributed by atoms with E-state index in [-0.39, 0.29) is 11.5 Å². The van der Waals surface area contributed by atoms with E-state index in [4.69, 9.17) is 0 Å². The van der Waals surface area contributed by atoms with Gasteiger partial charge in [-0.2, -0.15) is 0 Å². The summed E-state index contributed by atoms with van der Waals surface area (Å²) in [6.45, 7) is 0. The molecule has 0 radical (unpaired) electrons. The fourth-order valence-corrected chi connectivity index (χ4v) is 1.89. The second-order valence-corrected chi connectivity index (χ2v) is 4.48. The lowest BCUT2D eigenvalue weighted by Gasteiger charge is -2.11. The zero-order valence-electron chi connectivity index (χ0n) is 7.30. The molecule has 1 fully saturated rings. The van der Waals surface area contributed by atoms with Gasteiger partial charge < -0.3 is 5.11 Å². The molecule has 0 heterocycles. The molecule has 0 saturated heterocycles. The molecule has 0 spiro atoms. The van der Waals surface area contributed by atoms with Crippen LogP contribution in [0.5, 0.6) is 0 Å². The minimum atomic E-state index is -0.997. The van der Waals surface area contributed by atoms with E-state index < -0.39 is 17.7 Å². The van der Waals surface area contributed by atoms with Crippen molar-refractivity contribution in [2.75, 3.05) is 0 Å². The van der Waals surface area contributed by atoms with Gasteiger partial charge in [-0.25, -0.2) is 8.78 Å². The van der Waals surface area contributed by atoms with Gasteiger partial charge in [0.25, 0.3) is 0 Å². The molecule has 1 unspecified atom stereocenters. The molecule has 14 heavy (non-hydrogen) atoms. The summed E-state index contributed by atoms with van der Waals surface area (Å²) >= 11 is 2.99. The first-order valence-corrected chi connectivity index (χ1v) is 5.21. The van der Waals surface area contributed by atoms with Crippen molar-refractivity contribution in [2.24, 2.45) is 5.92 Å². The number of benzene rings is 1. The highest BCUT2D eigenvalue weighted by molar-refractivity contribution is 9.10. The molecule has 1 saturated carbocycles. The Labute approximate surface area is 88.9 Å². The standard InChI is InChI=1S/C10H9BrF2O/c11-6-3-7(12)9(8(13)4-6)10(14)5-1-2-5/h3-5,10,14H,1-2H2. The van der Waals surface area contributed by atoms with E-state index in [0.29, 0.717) is 4.47 Å². The summed E-state index contributed by atoms with van der Waals surface area (Å²) in [5, 5.41) is 9.62. The number of aliphatic hydroxyl groups excluding tert-OH is 1. The van der Waals surface area contributed by atoms with E-state index >= 15 is 0 Å². The van der Waals surface area contributed by atoms with Crippen LogP contribution in [0.3, 0.4) is 0 Å². The Kier molecular flexibility index (Phi) is 2.58. The number of hydrogen-bond acceptors (Lipinski definition) is 1. The molecule has 1 nitrogen and oxygen atoms in total. The Morgan fingerprint density at radius 2 is 1.79 bits per heavy atom. The fraction of sp³-hybridized carbons (Fsp3) is 0.400. The minimum absolute atomic E-state index is 0.0279. The van der Waals surface area contributed by atoms with Gasteiger partial charge in [0.15, 0.2) is 0 Å². The maximum Gasteiger partial charge on any atom is 0.133 e. The van der Waals surface area contributed by atoms with Gasteiger partial charge in [-0.3, -0.25) is 0 Å². The number of aliphatic hydroxyl groups is 1. The lowest BCUT2D eigenvalue weighted by atomic mass is 10.0. The van der Waals surface area contributed by atoms with Crippen molar-refractivity contribution >= 4 is 15.9 Å². The van der Waals surface area contributed by atoms with Gasteiger partial charge >= 0.3 is 0 Å². The summed E-state index contributed by atoms with van der Waals surface area (Å²) in [4.78, 5) is 0. The third-order valence-corrected chi connectivity index (χ3v) is 2.87. The predicted molar refractivity (Wildman–Crippen MR) is 51.7 cm³/mol. The number of halogens is 3. The summed E-state index contributed by atoms with van der Waals surface area (Å²) in [7, 11) is 0. The van der Waals surface area contributed by atoms with E-state index in [9.17, 15) is 13.9 Å². The van der Waals surface area contributed by atoms with E-state index in [1.165, 1.54) is 12.1 Å². The molecule has 1 aromatic rings. The SMILES string of the molecule is OC(c1c(F)cc(Br)cc1F)C1CC1. The van der Waals surface area contributed by atoms with Gasteiger partial charge in [-0.05, 0) is 30.9 Å². The second-order valence-electron chi connectivity index (χ2n) is 3.57. The van der Waals surface area contributed by atoms with E-state index in [0.717, 1.165) is 12.8 Å². The normalized spacial score (nSPS) is 18.3. The third kappa shape index (κ3) is 1.81. The van der Waals surface area contributed by atoms with Crippen LogP contribution in [0, 0.1) is 17.6 Å². The highest BCUT2D eigenvalue weighted by Crippen LogP contribution is 2.42. The Balaban J connectivity index is 2.40. The van der Waals surface area contributed by atoms with Crippen LogP contribution in [0.1, 0.15) is 24.5 Å². The van der Waals surface area contributed by atoms with Crippen molar-refractivity contribution in [3.05, 3.63) is 33.8 Å². The second kappa shape index (κ2) is 3.59. The van der Waals surface area contributed by atoms with Crippen molar-refractivity contribution in [3.63, 3.8) is 0 Å². The molecule has 1 atom stereocenters. The highest BCUT2D eigenvalue weighted by Gasteiger charge is 2.34. The van der Waals surface area contributed by atoms with Crippen molar-refractivity contribution in [2.45, 2.75) is 18.9 Å². The predicted octanol–water partition coefficient (Wildman–Crippen LogP) is 3.17. The molecular weight excluding hydrogens is 254 g/mol. The Morgan fingerprint density at radius 1 is 1.29 bits per heavy atom. The molecule has 0 amide bonds. The summed E-state index contributed by atoms with van der Waals surface area (Å²) in [6, 6.07) is 2.34. The Morgan fingerprint density at radius 3 is 2.21 bits per heavy atom. The molecule has 76 valence electrons. The molecule has 1 N–H and O–H groups in total. The molecule has 1 aliphatic rings. The Bertz CT molecular complexity index is 340. The average Bonchev–Trinajstić information content (AvgIpc) is 2.83. The zero-order valence-corrected chi connectivity index (χ0v) is 8.89. The van der Waals surface area contributed by atoms with Crippen LogP contribution in [-0.4, -0.2) is 5.11 Å². The van der Waals surface area contributed by atoms with Gasteiger partial charge in [0, 0.05) is 4.47 Å². The van der Waals surface area contributed by atoms with Crippen molar-refractivity contribution in [1.29, 1.82) is 0 Å². The first kappa shape index (κ1) is 10.1. The molecule has 0 aliphatic heterocycles. The Hall–Kier alpha value is -0.480. The monoisotopic (exact) mass is 262 g/mol. The number of rotatable bonds is 2. The topological polar surface area (TPSA) is 20.2 Å². The molecular formula is C10H9BrF2O. The highest BCUT2D eigenvalue weighted by atomic mass is 79.9. The lowest BCUT2D eigenvalue weighted by molar-refractivity contribution is 0.144. The average molecular weight is 263 g/mol. The third-order valence-electron chi connectivity index (χ3n) is 2.41.